The van der Waals surface area contributed by atoms with Crippen molar-refractivity contribution in [3.8, 4) is 0 Å². The predicted molar refractivity (Wildman–Crippen MR) is 58.5 cm³/mol. The molecule has 0 aliphatic rings. The summed E-state index contributed by atoms with van der Waals surface area (Å²) in [7, 11) is 0. The Kier molecular flexibility index (Phi) is 4.32. The van der Waals surface area contributed by atoms with Crippen LogP contribution in [0.25, 0.3) is 0 Å². The van der Waals surface area contributed by atoms with Crippen LogP contribution in [0.15, 0.2) is 24.4 Å². The first-order valence-electron chi connectivity index (χ1n) is 3.21. The van der Waals surface area contributed by atoms with Gasteiger partial charge in [-0.05, 0) is 26.0 Å². The smallest absolute Gasteiger partial charge is 0.0809 e. The van der Waals surface area contributed by atoms with Gasteiger partial charge in [-0.1, -0.05) is 6.07 Å². The van der Waals surface area contributed by atoms with Gasteiger partial charge in [0.25, 0.3) is 0 Å². The van der Waals surface area contributed by atoms with Crippen molar-refractivity contribution in [2.75, 3.05) is 0 Å². The van der Waals surface area contributed by atoms with Crippen molar-refractivity contribution in [3.63, 3.8) is 0 Å². The molecule has 0 aliphatic carbocycles. The predicted octanol–water partition coefficient (Wildman–Crippen LogP) is 3.17. The van der Waals surface area contributed by atoms with E-state index < -0.39 is 0 Å². The molecule has 62 valence electrons. The molecule has 0 unspecified atom stereocenters. The maximum atomic E-state index is 6.00. The summed E-state index contributed by atoms with van der Waals surface area (Å²) in [5.74, 6) is 0. The van der Waals surface area contributed by atoms with Gasteiger partial charge in [0, 0.05) is 6.20 Å². The quantitative estimate of drug-likeness (QED) is 0.570. The molecule has 0 amide bonds. The number of hydrogen-bond acceptors (Lipinski definition) is 1. The first kappa shape index (κ1) is 11.2. The van der Waals surface area contributed by atoms with Gasteiger partial charge in [0.05, 0.1) is 10.6 Å². The average Bonchev–Trinajstić information content (AvgIpc) is 1.88. The molecule has 1 aromatic rings. The Morgan fingerprint density at radius 1 is 1.36 bits per heavy atom. The fourth-order valence-electron chi connectivity index (χ4n) is 0.714. The average molecular weight is 284 g/mol. The first-order chi connectivity index (χ1) is 4.61. The van der Waals surface area contributed by atoms with Gasteiger partial charge in [0.2, 0.25) is 0 Å². The van der Waals surface area contributed by atoms with E-state index in [9.17, 15) is 0 Å². The Balaban J connectivity index is 0.000001000. The Bertz CT molecular complexity index is 205. The van der Waals surface area contributed by atoms with Crippen LogP contribution in [0.1, 0.15) is 19.5 Å². The van der Waals surface area contributed by atoms with Gasteiger partial charge in [-0.25, -0.2) is 0 Å². The third kappa shape index (κ3) is 3.38. The fraction of sp³-hybridized carbons (Fsp3) is 0.375. The van der Waals surface area contributed by atoms with E-state index in [0.717, 1.165) is 5.69 Å². The molecule has 0 spiro atoms. The van der Waals surface area contributed by atoms with Gasteiger partial charge in [-0.15, -0.1) is 35.6 Å². The topological polar surface area (TPSA) is 12.9 Å². The minimum atomic E-state index is -0.346. The highest BCUT2D eigenvalue weighted by Crippen LogP contribution is 2.24. The number of halogens is 2. The standard InChI is InChI=1S/C8H10ClN.HI/c1-8(2,9)7-5-3-4-6-10-7;/h3-6H,1-2H3;1H. The van der Waals surface area contributed by atoms with Crippen molar-refractivity contribution in [2.45, 2.75) is 18.7 Å². The van der Waals surface area contributed by atoms with E-state index in [2.05, 4.69) is 4.98 Å². The molecule has 0 aliphatic heterocycles. The zero-order chi connectivity index (χ0) is 7.61. The second-order valence-corrected chi connectivity index (χ2v) is 3.63. The van der Waals surface area contributed by atoms with Crippen molar-refractivity contribution in [3.05, 3.63) is 30.1 Å². The van der Waals surface area contributed by atoms with Crippen molar-refractivity contribution in [1.29, 1.82) is 0 Å². The van der Waals surface area contributed by atoms with Crippen LogP contribution in [0.3, 0.4) is 0 Å². The van der Waals surface area contributed by atoms with E-state index >= 15 is 0 Å². The summed E-state index contributed by atoms with van der Waals surface area (Å²) in [4.78, 5) is 3.77. The highest BCUT2D eigenvalue weighted by Gasteiger charge is 2.16. The summed E-state index contributed by atoms with van der Waals surface area (Å²) in [5.41, 5.74) is 0.914. The molecule has 0 atom stereocenters. The Hall–Kier alpha value is 0.170. The highest BCUT2D eigenvalue weighted by atomic mass is 127. The maximum absolute atomic E-state index is 6.00. The molecule has 1 nitrogen and oxygen atoms in total. The molecule has 0 saturated carbocycles. The van der Waals surface area contributed by atoms with E-state index in [1.165, 1.54) is 0 Å². The molecular formula is C8H11ClIN. The molecule has 11 heavy (non-hydrogen) atoms. The molecule has 3 heteroatoms. The molecule has 1 rings (SSSR count). The van der Waals surface area contributed by atoms with Crippen LogP contribution >= 0.6 is 35.6 Å². The number of rotatable bonds is 1. The van der Waals surface area contributed by atoms with Gasteiger partial charge in [0.15, 0.2) is 0 Å². The SMILES string of the molecule is CC(C)(Cl)c1ccccn1.I. The molecule has 0 radical (unpaired) electrons. The largest absolute Gasteiger partial charge is 0.259 e. The normalized spacial score (nSPS) is 10.5. The van der Waals surface area contributed by atoms with Crippen molar-refractivity contribution >= 4 is 35.6 Å². The Morgan fingerprint density at radius 2 is 2.00 bits per heavy atom. The van der Waals surface area contributed by atoms with E-state index in [1.807, 2.05) is 32.0 Å². The molecule has 0 bridgehead atoms. The second-order valence-electron chi connectivity index (χ2n) is 2.69. The fourth-order valence-corrected chi connectivity index (χ4v) is 0.826. The van der Waals surface area contributed by atoms with Gasteiger partial charge >= 0.3 is 0 Å². The lowest BCUT2D eigenvalue weighted by Gasteiger charge is -2.13. The summed E-state index contributed by atoms with van der Waals surface area (Å²) in [6, 6.07) is 5.74. The molecule has 0 N–H and O–H groups in total. The molecule has 1 heterocycles. The van der Waals surface area contributed by atoms with Gasteiger partial charge in [0.1, 0.15) is 0 Å². The summed E-state index contributed by atoms with van der Waals surface area (Å²) in [6.07, 6.45) is 1.75. The summed E-state index contributed by atoms with van der Waals surface area (Å²) >= 11 is 6.00. The number of alkyl halides is 1. The van der Waals surface area contributed by atoms with Gasteiger partial charge < -0.3 is 0 Å². The maximum Gasteiger partial charge on any atom is 0.0809 e. The van der Waals surface area contributed by atoms with Gasteiger partial charge in [-0.2, -0.15) is 0 Å². The third-order valence-electron chi connectivity index (χ3n) is 1.27. The lowest BCUT2D eigenvalue weighted by Crippen LogP contribution is -2.08. The summed E-state index contributed by atoms with van der Waals surface area (Å²) < 4.78 is 0. The Morgan fingerprint density at radius 3 is 2.27 bits per heavy atom. The third-order valence-corrected chi connectivity index (χ3v) is 1.47. The lowest BCUT2D eigenvalue weighted by atomic mass is 10.1. The molecule has 0 fully saturated rings. The monoisotopic (exact) mass is 283 g/mol. The van der Waals surface area contributed by atoms with Crippen LogP contribution in [0.4, 0.5) is 0 Å². The molecule has 1 aromatic heterocycles. The highest BCUT2D eigenvalue weighted by molar-refractivity contribution is 14.0. The van der Waals surface area contributed by atoms with E-state index in [4.69, 9.17) is 11.6 Å². The van der Waals surface area contributed by atoms with Crippen LogP contribution in [0.2, 0.25) is 0 Å². The Labute approximate surface area is 89.2 Å². The van der Waals surface area contributed by atoms with E-state index in [1.54, 1.807) is 6.20 Å². The number of nitrogens with zero attached hydrogens (tertiary/aromatic N) is 1. The zero-order valence-electron chi connectivity index (χ0n) is 6.54. The van der Waals surface area contributed by atoms with Crippen LogP contribution in [0, 0.1) is 0 Å². The summed E-state index contributed by atoms with van der Waals surface area (Å²) in [6.45, 7) is 3.85. The minimum absolute atomic E-state index is 0. The van der Waals surface area contributed by atoms with E-state index in [-0.39, 0.29) is 28.9 Å². The molecule has 0 saturated heterocycles. The lowest BCUT2D eigenvalue weighted by molar-refractivity contribution is 0.732. The summed E-state index contributed by atoms with van der Waals surface area (Å²) in [5, 5.41) is 0. The molecular weight excluding hydrogens is 272 g/mol. The minimum Gasteiger partial charge on any atom is -0.259 e. The van der Waals surface area contributed by atoms with E-state index in [0.29, 0.717) is 0 Å². The van der Waals surface area contributed by atoms with Crippen molar-refractivity contribution in [1.82, 2.24) is 4.98 Å². The second kappa shape index (κ2) is 4.26. The van der Waals surface area contributed by atoms with Crippen LogP contribution < -0.4 is 0 Å². The number of pyridine rings is 1. The van der Waals surface area contributed by atoms with Crippen molar-refractivity contribution in [2.24, 2.45) is 0 Å². The van der Waals surface area contributed by atoms with Crippen LogP contribution in [0.5, 0.6) is 0 Å². The first-order valence-corrected chi connectivity index (χ1v) is 3.59. The molecule has 0 aromatic carbocycles. The number of hydrogen-bond donors (Lipinski definition) is 0. The van der Waals surface area contributed by atoms with Crippen molar-refractivity contribution < 1.29 is 0 Å². The van der Waals surface area contributed by atoms with Crippen LogP contribution in [-0.4, -0.2) is 4.98 Å². The van der Waals surface area contributed by atoms with Gasteiger partial charge in [-0.3, -0.25) is 4.98 Å². The zero-order valence-corrected chi connectivity index (χ0v) is 9.63. The number of aromatic nitrogens is 1. The van der Waals surface area contributed by atoms with Crippen LogP contribution in [-0.2, 0) is 4.87 Å².